The van der Waals surface area contributed by atoms with Crippen LogP contribution in [-0.2, 0) is 16.0 Å². The molecule has 0 unspecified atom stereocenters. The molecule has 1 saturated heterocycles. The highest BCUT2D eigenvalue weighted by atomic mass is 16.5. The smallest absolute Gasteiger partial charge is 0.135 e. The van der Waals surface area contributed by atoms with E-state index in [4.69, 9.17) is 9.47 Å². The van der Waals surface area contributed by atoms with E-state index in [1.165, 1.54) is 42.6 Å². The predicted octanol–water partition coefficient (Wildman–Crippen LogP) is 4.58. The highest BCUT2D eigenvalue weighted by molar-refractivity contribution is 5.81. The van der Waals surface area contributed by atoms with Crippen LogP contribution >= 0.6 is 0 Å². The van der Waals surface area contributed by atoms with Gasteiger partial charge >= 0.3 is 0 Å². The molecule has 0 amide bonds. The van der Waals surface area contributed by atoms with Crippen molar-refractivity contribution in [3.05, 3.63) is 42.1 Å². The Bertz CT molecular complexity index is 876. The van der Waals surface area contributed by atoms with Crippen LogP contribution in [0.15, 0.2) is 36.5 Å². The van der Waals surface area contributed by atoms with Crippen LogP contribution in [0.25, 0.3) is 0 Å². The van der Waals surface area contributed by atoms with E-state index >= 15 is 0 Å². The largest absolute Gasteiger partial charge is 0.379 e. The van der Waals surface area contributed by atoms with Gasteiger partial charge in [0.05, 0.1) is 30.7 Å². The van der Waals surface area contributed by atoms with E-state index in [9.17, 15) is 0 Å². The van der Waals surface area contributed by atoms with Crippen molar-refractivity contribution in [2.75, 3.05) is 54.6 Å². The van der Waals surface area contributed by atoms with Crippen LogP contribution in [0.2, 0.25) is 0 Å². The molecule has 31 heavy (non-hydrogen) atoms. The molecule has 1 N–H and O–H groups in total. The fourth-order valence-corrected chi connectivity index (χ4v) is 5.19. The average molecular weight is 423 g/mol. The van der Waals surface area contributed by atoms with Gasteiger partial charge in [-0.2, -0.15) is 0 Å². The second-order valence-electron chi connectivity index (χ2n) is 8.92. The summed E-state index contributed by atoms with van der Waals surface area (Å²) in [5.41, 5.74) is 4.98. The first-order valence-corrected chi connectivity index (χ1v) is 11.8. The number of aromatic nitrogens is 1. The number of pyridine rings is 1. The highest BCUT2D eigenvalue weighted by Gasteiger charge is 2.27. The Morgan fingerprint density at radius 3 is 2.77 bits per heavy atom. The minimum absolute atomic E-state index is 0.456. The minimum Gasteiger partial charge on any atom is -0.379 e. The van der Waals surface area contributed by atoms with Gasteiger partial charge in [0.15, 0.2) is 0 Å². The zero-order valence-electron chi connectivity index (χ0n) is 18.6. The summed E-state index contributed by atoms with van der Waals surface area (Å²) in [5.74, 6) is 1.68. The summed E-state index contributed by atoms with van der Waals surface area (Å²) in [6, 6.07) is 11.1. The lowest BCUT2D eigenvalue weighted by Crippen LogP contribution is -2.36. The molecule has 6 heteroatoms. The van der Waals surface area contributed by atoms with Gasteiger partial charge in [-0.05, 0) is 62.8 Å². The Hall–Kier alpha value is -2.31. The van der Waals surface area contributed by atoms with Crippen molar-refractivity contribution in [3.63, 3.8) is 0 Å². The summed E-state index contributed by atoms with van der Waals surface area (Å²) >= 11 is 0. The Morgan fingerprint density at radius 2 is 1.97 bits per heavy atom. The summed E-state index contributed by atoms with van der Waals surface area (Å²) in [6.45, 7) is 8.41. The maximum Gasteiger partial charge on any atom is 0.135 e. The zero-order chi connectivity index (χ0) is 21.0. The highest BCUT2D eigenvalue weighted by Crippen LogP contribution is 2.39. The molecule has 0 radical (unpaired) electrons. The number of anilines is 4. The third-order valence-electron chi connectivity index (χ3n) is 6.88. The van der Waals surface area contributed by atoms with Crippen LogP contribution in [0.1, 0.15) is 38.2 Å². The molecule has 3 heterocycles. The van der Waals surface area contributed by atoms with E-state index in [1.54, 1.807) is 0 Å². The maximum atomic E-state index is 5.88. The van der Waals surface area contributed by atoms with E-state index in [1.807, 2.05) is 12.3 Å². The molecule has 166 valence electrons. The first-order chi connectivity index (χ1) is 15.3. The zero-order valence-corrected chi connectivity index (χ0v) is 18.6. The van der Waals surface area contributed by atoms with Gasteiger partial charge in [0, 0.05) is 50.2 Å². The molecular weight excluding hydrogens is 388 g/mol. The van der Waals surface area contributed by atoms with Gasteiger partial charge in [0.25, 0.3) is 0 Å². The second-order valence-corrected chi connectivity index (χ2v) is 8.92. The molecule has 2 fully saturated rings. The van der Waals surface area contributed by atoms with E-state index in [0.717, 1.165) is 57.5 Å². The second kappa shape index (κ2) is 9.45. The number of fused-ring (bicyclic) bond motifs is 2. The number of morpholine rings is 1. The molecule has 5 rings (SSSR count). The third kappa shape index (κ3) is 4.65. The summed E-state index contributed by atoms with van der Waals surface area (Å²) in [6.07, 6.45) is 7.18. The lowest BCUT2D eigenvalue weighted by molar-refractivity contribution is 0.0264. The standard InChI is InChI=1S/C25H34N4O2/c1-2-31-22-8-5-19(6-9-22)17-29-18-20-4-3-11-26-25(20)27-23-10-7-21(16-24(23)29)28-12-14-30-15-13-28/h3-4,7,10-11,16,19,22H,2,5-6,8-9,12-15,17-18H2,1H3,(H,26,27). The molecule has 1 aromatic heterocycles. The average Bonchev–Trinajstić information content (AvgIpc) is 2.97. The minimum atomic E-state index is 0.456. The Kier molecular flexibility index (Phi) is 6.27. The van der Waals surface area contributed by atoms with Crippen molar-refractivity contribution < 1.29 is 9.47 Å². The molecule has 2 aliphatic heterocycles. The lowest BCUT2D eigenvalue weighted by atomic mass is 9.87. The SMILES string of the molecule is CCOC1CCC(CN2Cc3cccnc3Nc3ccc(N4CCOCC4)cc32)CC1. The molecule has 2 aromatic rings. The molecule has 0 atom stereocenters. The Balaban J connectivity index is 1.40. The van der Waals surface area contributed by atoms with E-state index in [-0.39, 0.29) is 0 Å². The summed E-state index contributed by atoms with van der Waals surface area (Å²) < 4.78 is 11.4. The summed E-state index contributed by atoms with van der Waals surface area (Å²) in [7, 11) is 0. The van der Waals surface area contributed by atoms with Crippen molar-refractivity contribution in [3.8, 4) is 0 Å². The van der Waals surface area contributed by atoms with E-state index in [2.05, 4.69) is 51.3 Å². The van der Waals surface area contributed by atoms with Gasteiger partial charge in [0.2, 0.25) is 0 Å². The van der Waals surface area contributed by atoms with Crippen molar-refractivity contribution in [2.24, 2.45) is 5.92 Å². The van der Waals surface area contributed by atoms with Crippen LogP contribution in [0.3, 0.4) is 0 Å². The van der Waals surface area contributed by atoms with Gasteiger partial charge in [-0.3, -0.25) is 0 Å². The number of ether oxygens (including phenoxy) is 2. The number of hydrogen-bond donors (Lipinski definition) is 1. The number of rotatable bonds is 5. The van der Waals surface area contributed by atoms with Crippen molar-refractivity contribution in [1.82, 2.24) is 4.98 Å². The first-order valence-electron chi connectivity index (χ1n) is 11.8. The normalized spacial score (nSPS) is 23.5. The summed E-state index contributed by atoms with van der Waals surface area (Å²) in [4.78, 5) is 9.63. The van der Waals surface area contributed by atoms with Gasteiger partial charge in [-0.1, -0.05) is 6.07 Å². The topological polar surface area (TPSA) is 49.9 Å². The lowest BCUT2D eigenvalue weighted by Gasteiger charge is -2.35. The van der Waals surface area contributed by atoms with E-state index in [0.29, 0.717) is 12.0 Å². The van der Waals surface area contributed by atoms with Crippen LogP contribution in [0.4, 0.5) is 22.9 Å². The number of nitrogens with one attached hydrogen (secondary N) is 1. The van der Waals surface area contributed by atoms with Crippen LogP contribution in [0, 0.1) is 5.92 Å². The van der Waals surface area contributed by atoms with Crippen molar-refractivity contribution >= 4 is 22.9 Å². The molecule has 6 nitrogen and oxygen atoms in total. The van der Waals surface area contributed by atoms with Crippen LogP contribution in [0.5, 0.6) is 0 Å². The first kappa shape index (κ1) is 20.6. The quantitative estimate of drug-likeness (QED) is 0.761. The maximum absolute atomic E-state index is 5.88. The van der Waals surface area contributed by atoms with Gasteiger partial charge in [-0.15, -0.1) is 0 Å². The van der Waals surface area contributed by atoms with Crippen molar-refractivity contribution in [1.29, 1.82) is 0 Å². The predicted molar refractivity (Wildman–Crippen MR) is 125 cm³/mol. The van der Waals surface area contributed by atoms with Gasteiger partial charge < -0.3 is 24.6 Å². The Labute approximate surface area is 185 Å². The molecule has 3 aliphatic rings. The van der Waals surface area contributed by atoms with E-state index < -0.39 is 0 Å². The number of benzene rings is 1. The third-order valence-corrected chi connectivity index (χ3v) is 6.88. The summed E-state index contributed by atoms with van der Waals surface area (Å²) in [5, 5.41) is 3.61. The van der Waals surface area contributed by atoms with Crippen molar-refractivity contribution in [2.45, 2.75) is 45.3 Å². The van der Waals surface area contributed by atoms with Gasteiger partial charge in [-0.25, -0.2) is 4.98 Å². The van der Waals surface area contributed by atoms with Crippen LogP contribution < -0.4 is 15.1 Å². The fraction of sp³-hybridized carbons (Fsp3) is 0.560. The molecule has 1 aliphatic carbocycles. The molecular formula is C25H34N4O2. The molecule has 1 aromatic carbocycles. The monoisotopic (exact) mass is 422 g/mol. The Morgan fingerprint density at radius 1 is 1.13 bits per heavy atom. The van der Waals surface area contributed by atoms with Crippen LogP contribution in [-0.4, -0.2) is 50.5 Å². The number of hydrogen-bond acceptors (Lipinski definition) is 6. The van der Waals surface area contributed by atoms with Gasteiger partial charge in [0.1, 0.15) is 5.82 Å². The molecule has 0 bridgehead atoms. The fourth-order valence-electron chi connectivity index (χ4n) is 5.19. The number of nitrogens with zero attached hydrogens (tertiary/aromatic N) is 3. The molecule has 1 saturated carbocycles. The molecule has 0 spiro atoms.